The molecular formula is C7H11NO5. The Bertz CT molecular complexity index is 272. The first-order chi connectivity index (χ1) is 6.01. The summed E-state index contributed by atoms with van der Waals surface area (Å²) >= 11 is 0. The zero-order valence-corrected chi connectivity index (χ0v) is 6.98. The van der Waals surface area contributed by atoms with Crippen LogP contribution in [-0.2, 0) is 4.74 Å². The molecule has 0 spiro atoms. The minimum absolute atomic E-state index is 0.118. The molecule has 0 aromatic carbocycles. The molecule has 0 aromatic heterocycles. The fraction of sp³-hybridized carbons (Fsp3) is 0.429. The normalized spacial score (nSPS) is 28.3. The van der Waals surface area contributed by atoms with Gasteiger partial charge in [0.2, 0.25) is 11.5 Å². The molecule has 74 valence electrons. The molecule has 0 fully saturated rings. The Morgan fingerprint density at radius 1 is 1.46 bits per heavy atom. The maximum absolute atomic E-state index is 9.52. The minimum Gasteiger partial charge on any atom is -0.503 e. The third-order valence-electron chi connectivity index (χ3n) is 1.62. The Kier molecular flexibility index (Phi) is 2.35. The molecular weight excluding hydrogens is 178 g/mol. The van der Waals surface area contributed by atoms with Crippen LogP contribution in [0.3, 0.4) is 0 Å². The molecule has 1 rings (SSSR count). The van der Waals surface area contributed by atoms with E-state index in [2.05, 4.69) is 10.1 Å². The van der Waals surface area contributed by atoms with Crippen molar-refractivity contribution in [1.82, 2.24) is 5.32 Å². The molecule has 1 aliphatic rings. The molecule has 1 atom stereocenters. The zero-order chi connectivity index (χ0) is 10.1. The van der Waals surface area contributed by atoms with Crippen LogP contribution in [-0.4, -0.2) is 39.8 Å². The standard InChI is InChI=1S/C7H11NO5/c1-8-3-7(12)6(11)5(10)4(9)2-13-7/h2,8-12H,3H2,1H3. The van der Waals surface area contributed by atoms with Gasteiger partial charge in [0.15, 0.2) is 5.76 Å². The van der Waals surface area contributed by atoms with E-state index in [1.54, 1.807) is 0 Å². The van der Waals surface area contributed by atoms with E-state index in [9.17, 15) is 10.2 Å². The largest absolute Gasteiger partial charge is 0.503 e. The van der Waals surface area contributed by atoms with Crippen molar-refractivity contribution in [3.05, 3.63) is 23.5 Å². The SMILES string of the molecule is CNCC1(O)OC=C(O)C(O)=C1O. The highest BCUT2D eigenvalue weighted by atomic mass is 16.6. The quantitative estimate of drug-likeness (QED) is 0.407. The van der Waals surface area contributed by atoms with E-state index in [1.165, 1.54) is 7.05 Å². The van der Waals surface area contributed by atoms with Crippen molar-refractivity contribution < 1.29 is 25.2 Å². The van der Waals surface area contributed by atoms with Crippen molar-refractivity contribution in [2.75, 3.05) is 13.6 Å². The Hall–Kier alpha value is -1.40. The summed E-state index contributed by atoms with van der Waals surface area (Å²) in [7, 11) is 1.53. The number of ether oxygens (including phenoxy) is 1. The van der Waals surface area contributed by atoms with Gasteiger partial charge >= 0.3 is 0 Å². The van der Waals surface area contributed by atoms with Gasteiger partial charge in [0.1, 0.15) is 6.26 Å². The number of nitrogens with one attached hydrogen (secondary N) is 1. The van der Waals surface area contributed by atoms with E-state index in [0.29, 0.717) is 0 Å². The average Bonchev–Trinajstić information content (AvgIpc) is 2.10. The van der Waals surface area contributed by atoms with E-state index in [0.717, 1.165) is 6.26 Å². The summed E-state index contributed by atoms with van der Waals surface area (Å²) in [5.41, 5.74) is 0. The number of likely N-dealkylation sites (N-methyl/N-ethyl adjacent to an activating group) is 1. The van der Waals surface area contributed by atoms with E-state index < -0.39 is 23.1 Å². The summed E-state index contributed by atoms with van der Waals surface area (Å²) in [6.07, 6.45) is 0.756. The van der Waals surface area contributed by atoms with Gasteiger partial charge in [0.25, 0.3) is 5.79 Å². The third-order valence-corrected chi connectivity index (χ3v) is 1.62. The van der Waals surface area contributed by atoms with Gasteiger partial charge < -0.3 is 30.5 Å². The second-order valence-corrected chi connectivity index (χ2v) is 2.63. The Morgan fingerprint density at radius 3 is 2.62 bits per heavy atom. The Morgan fingerprint density at radius 2 is 2.08 bits per heavy atom. The number of hydrogen-bond donors (Lipinski definition) is 5. The number of aliphatic hydroxyl groups excluding tert-OH is 3. The highest BCUT2D eigenvalue weighted by Gasteiger charge is 2.39. The molecule has 0 saturated carbocycles. The summed E-state index contributed by atoms with van der Waals surface area (Å²) in [5.74, 6) is -4.26. The fourth-order valence-corrected chi connectivity index (χ4v) is 0.936. The molecule has 0 saturated heterocycles. The van der Waals surface area contributed by atoms with Gasteiger partial charge in [-0.15, -0.1) is 0 Å². The summed E-state index contributed by atoms with van der Waals surface area (Å²) < 4.78 is 4.61. The van der Waals surface area contributed by atoms with Crippen LogP contribution in [0.2, 0.25) is 0 Å². The molecule has 0 amide bonds. The lowest BCUT2D eigenvalue weighted by Gasteiger charge is -2.29. The summed E-state index contributed by atoms with van der Waals surface area (Å²) in [4.78, 5) is 0. The van der Waals surface area contributed by atoms with E-state index in [4.69, 9.17) is 10.2 Å². The first kappa shape index (κ1) is 9.69. The van der Waals surface area contributed by atoms with Crippen LogP contribution in [0, 0.1) is 0 Å². The van der Waals surface area contributed by atoms with E-state index in [1.807, 2.05) is 0 Å². The monoisotopic (exact) mass is 189 g/mol. The summed E-state index contributed by atoms with van der Waals surface area (Å²) in [5, 5.41) is 39.2. The number of hydrogen-bond acceptors (Lipinski definition) is 6. The van der Waals surface area contributed by atoms with Crippen LogP contribution >= 0.6 is 0 Å². The maximum Gasteiger partial charge on any atom is 0.282 e. The first-order valence-electron chi connectivity index (χ1n) is 3.58. The maximum atomic E-state index is 9.52. The van der Waals surface area contributed by atoms with E-state index >= 15 is 0 Å². The third kappa shape index (κ3) is 1.53. The molecule has 1 aliphatic heterocycles. The predicted molar refractivity (Wildman–Crippen MR) is 43.0 cm³/mol. The summed E-state index contributed by atoms with van der Waals surface area (Å²) in [6, 6.07) is 0. The lowest BCUT2D eigenvalue weighted by Crippen LogP contribution is -2.44. The van der Waals surface area contributed by atoms with Gasteiger partial charge in [-0.3, -0.25) is 0 Å². The highest BCUT2D eigenvalue weighted by molar-refractivity contribution is 5.26. The van der Waals surface area contributed by atoms with Gasteiger partial charge in [-0.25, -0.2) is 0 Å². The van der Waals surface area contributed by atoms with Crippen molar-refractivity contribution in [1.29, 1.82) is 0 Å². The van der Waals surface area contributed by atoms with Crippen LogP contribution in [0.15, 0.2) is 23.5 Å². The molecule has 6 heteroatoms. The Labute approximate surface area is 74.4 Å². The molecule has 0 bridgehead atoms. The van der Waals surface area contributed by atoms with Gasteiger partial charge in [-0.05, 0) is 7.05 Å². The van der Waals surface area contributed by atoms with Crippen molar-refractivity contribution in [3.8, 4) is 0 Å². The molecule has 1 unspecified atom stereocenters. The second-order valence-electron chi connectivity index (χ2n) is 2.63. The van der Waals surface area contributed by atoms with Gasteiger partial charge in [0, 0.05) is 0 Å². The minimum atomic E-state index is -2.02. The van der Waals surface area contributed by atoms with Crippen molar-refractivity contribution in [2.45, 2.75) is 5.79 Å². The fourth-order valence-electron chi connectivity index (χ4n) is 0.936. The van der Waals surface area contributed by atoms with Crippen LogP contribution in [0.5, 0.6) is 0 Å². The van der Waals surface area contributed by atoms with Crippen LogP contribution in [0.25, 0.3) is 0 Å². The first-order valence-corrected chi connectivity index (χ1v) is 3.58. The molecule has 0 radical (unpaired) electrons. The average molecular weight is 189 g/mol. The zero-order valence-electron chi connectivity index (χ0n) is 6.98. The molecule has 0 aliphatic carbocycles. The van der Waals surface area contributed by atoms with Crippen molar-refractivity contribution >= 4 is 0 Å². The topological polar surface area (TPSA) is 102 Å². The van der Waals surface area contributed by atoms with Gasteiger partial charge in [-0.1, -0.05) is 0 Å². The number of aliphatic hydroxyl groups is 4. The van der Waals surface area contributed by atoms with Gasteiger partial charge in [-0.2, -0.15) is 0 Å². The lowest BCUT2D eigenvalue weighted by atomic mass is 10.1. The van der Waals surface area contributed by atoms with E-state index in [-0.39, 0.29) is 6.54 Å². The van der Waals surface area contributed by atoms with Crippen LogP contribution in [0.4, 0.5) is 0 Å². The molecule has 13 heavy (non-hydrogen) atoms. The molecule has 0 aromatic rings. The highest BCUT2D eigenvalue weighted by Crippen LogP contribution is 2.26. The summed E-state index contributed by atoms with van der Waals surface area (Å²) in [6.45, 7) is -0.118. The van der Waals surface area contributed by atoms with Crippen molar-refractivity contribution in [2.24, 2.45) is 0 Å². The van der Waals surface area contributed by atoms with Crippen LogP contribution in [0.1, 0.15) is 0 Å². The second kappa shape index (κ2) is 3.15. The Balaban J connectivity index is 2.96. The molecule has 5 N–H and O–H groups in total. The number of rotatable bonds is 2. The lowest BCUT2D eigenvalue weighted by molar-refractivity contribution is -0.164. The molecule has 6 nitrogen and oxygen atoms in total. The predicted octanol–water partition coefficient (Wildman–Crippen LogP) is -0.348. The van der Waals surface area contributed by atoms with Crippen molar-refractivity contribution in [3.63, 3.8) is 0 Å². The smallest absolute Gasteiger partial charge is 0.282 e. The van der Waals surface area contributed by atoms with Crippen LogP contribution < -0.4 is 5.32 Å². The molecule has 1 heterocycles. The van der Waals surface area contributed by atoms with Gasteiger partial charge in [0.05, 0.1) is 6.54 Å².